The van der Waals surface area contributed by atoms with Gasteiger partial charge in [0, 0.05) is 18.4 Å². The third kappa shape index (κ3) is 1.52. The van der Waals surface area contributed by atoms with Crippen LogP contribution in [0.3, 0.4) is 0 Å². The Labute approximate surface area is 76.6 Å². The van der Waals surface area contributed by atoms with Gasteiger partial charge in [-0.15, -0.1) is 11.3 Å². The van der Waals surface area contributed by atoms with Crippen molar-refractivity contribution in [1.29, 1.82) is 0 Å². The van der Waals surface area contributed by atoms with Crippen molar-refractivity contribution in [2.45, 2.75) is 31.8 Å². The van der Waals surface area contributed by atoms with Crippen molar-refractivity contribution in [2.75, 3.05) is 7.11 Å². The van der Waals surface area contributed by atoms with Crippen LogP contribution in [0.1, 0.15) is 42.5 Å². The predicted molar refractivity (Wildman–Crippen MR) is 49.5 cm³/mol. The summed E-state index contributed by atoms with van der Waals surface area (Å²) >= 11 is 1.71. The van der Waals surface area contributed by atoms with Crippen molar-refractivity contribution in [3.63, 3.8) is 0 Å². The van der Waals surface area contributed by atoms with Gasteiger partial charge in [-0.1, -0.05) is 0 Å². The molecule has 1 aromatic rings. The molecule has 3 heteroatoms. The molecule has 12 heavy (non-hydrogen) atoms. The molecule has 1 fully saturated rings. The SMILES string of the molecule is COC(C)c1nc(C2CC2)cs1. The highest BCUT2D eigenvalue weighted by atomic mass is 32.1. The van der Waals surface area contributed by atoms with Crippen molar-refractivity contribution in [2.24, 2.45) is 0 Å². The van der Waals surface area contributed by atoms with Crippen LogP contribution in [0.2, 0.25) is 0 Å². The molecule has 0 aromatic carbocycles. The fraction of sp³-hybridized carbons (Fsp3) is 0.667. The van der Waals surface area contributed by atoms with E-state index in [4.69, 9.17) is 4.74 Å². The standard InChI is InChI=1S/C9H13NOS/c1-6(11-2)9-10-8(5-12-9)7-3-4-7/h5-7H,3-4H2,1-2H3. The third-order valence-electron chi connectivity index (χ3n) is 2.24. The zero-order valence-corrected chi connectivity index (χ0v) is 8.23. The van der Waals surface area contributed by atoms with Crippen molar-refractivity contribution in [3.05, 3.63) is 16.1 Å². The number of hydrogen-bond donors (Lipinski definition) is 0. The Morgan fingerprint density at radius 3 is 3.00 bits per heavy atom. The van der Waals surface area contributed by atoms with Gasteiger partial charge in [0.25, 0.3) is 0 Å². The Hall–Kier alpha value is -0.410. The number of ether oxygens (including phenoxy) is 1. The Balaban J connectivity index is 2.12. The zero-order valence-electron chi connectivity index (χ0n) is 7.41. The highest BCUT2D eigenvalue weighted by molar-refractivity contribution is 7.09. The molecule has 66 valence electrons. The van der Waals surface area contributed by atoms with Gasteiger partial charge in [-0.2, -0.15) is 0 Å². The molecule has 0 bridgehead atoms. The molecule has 1 unspecified atom stereocenters. The maximum Gasteiger partial charge on any atom is 0.121 e. The lowest BCUT2D eigenvalue weighted by Crippen LogP contribution is -1.94. The summed E-state index contributed by atoms with van der Waals surface area (Å²) in [6.07, 6.45) is 2.80. The van der Waals surface area contributed by atoms with E-state index in [9.17, 15) is 0 Å². The monoisotopic (exact) mass is 183 g/mol. The number of methoxy groups -OCH3 is 1. The lowest BCUT2D eigenvalue weighted by Gasteiger charge is -2.03. The van der Waals surface area contributed by atoms with Gasteiger partial charge >= 0.3 is 0 Å². The highest BCUT2D eigenvalue weighted by Crippen LogP contribution is 2.40. The molecule has 1 atom stereocenters. The summed E-state index contributed by atoms with van der Waals surface area (Å²) in [7, 11) is 1.73. The summed E-state index contributed by atoms with van der Waals surface area (Å²) in [6, 6.07) is 0. The van der Waals surface area contributed by atoms with Gasteiger partial charge in [0.1, 0.15) is 11.1 Å². The Morgan fingerprint density at radius 1 is 1.67 bits per heavy atom. The number of thiazole rings is 1. The molecule has 0 radical (unpaired) electrons. The van der Waals surface area contributed by atoms with Crippen LogP contribution in [0.25, 0.3) is 0 Å². The largest absolute Gasteiger partial charge is 0.375 e. The Bertz CT molecular complexity index is 267. The van der Waals surface area contributed by atoms with Crippen LogP contribution >= 0.6 is 11.3 Å². The van der Waals surface area contributed by atoms with E-state index in [1.54, 1.807) is 18.4 Å². The van der Waals surface area contributed by atoms with E-state index >= 15 is 0 Å². The second-order valence-corrected chi connectivity index (χ2v) is 4.15. The smallest absolute Gasteiger partial charge is 0.121 e. The van der Waals surface area contributed by atoms with Crippen LogP contribution in [0.4, 0.5) is 0 Å². The van der Waals surface area contributed by atoms with E-state index < -0.39 is 0 Å². The number of rotatable bonds is 3. The molecule has 1 aliphatic rings. The van der Waals surface area contributed by atoms with Crippen LogP contribution in [-0.4, -0.2) is 12.1 Å². The maximum atomic E-state index is 5.20. The van der Waals surface area contributed by atoms with Gasteiger partial charge in [-0.05, 0) is 19.8 Å². The molecule has 2 nitrogen and oxygen atoms in total. The van der Waals surface area contributed by atoms with E-state index in [-0.39, 0.29) is 6.10 Å². The zero-order chi connectivity index (χ0) is 8.55. The molecule has 0 saturated heterocycles. The minimum absolute atomic E-state index is 0.155. The topological polar surface area (TPSA) is 22.1 Å². The third-order valence-corrected chi connectivity index (χ3v) is 3.26. The summed E-state index contributed by atoms with van der Waals surface area (Å²) in [6.45, 7) is 2.04. The molecule has 0 amide bonds. The van der Waals surface area contributed by atoms with Crippen molar-refractivity contribution in [1.82, 2.24) is 4.98 Å². The molecule has 0 N–H and O–H groups in total. The van der Waals surface area contributed by atoms with Gasteiger partial charge in [0.2, 0.25) is 0 Å². The first-order chi connectivity index (χ1) is 5.81. The average Bonchev–Trinajstić information content (AvgIpc) is 2.83. The first-order valence-corrected chi connectivity index (χ1v) is 5.17. The summed E-state index contributed by atoms with van der Waals surface area (Å²) in [5.74, 6) is 0.763. The molecule has 1 aromatic heterocycles. The quantitative estimate of drug-likeness (QED) is 0.718. The second kappa shape index (κ2) is 3.15. The predicted octanol–water partition coefficient (Wildman–Crippen LogP) is 2.73. The first kappa shape index (κ1) is 8.20. The molecular formula is C9H13NOS. The van der Waals surface area contributed by atoms with E-state index in [0.29, 0.717) is 0 Å². The van der Waals surface area contributed by atoms with Crippen LogP contribution < -0.4 is 0 Å². The molecule has 0 aliphatic heterocycles. The summed E-state index contributed by atoms with van der Waals surface area (Å²) in [5, 5.41) is 3.28. The normalized spacial score (nSPS) is 19.5. The molecular weight excluding hydrogens is 170 g/mol. The Kier molecular flexibility index (Phi) is 2.15. The highest BCUT2D eigenvalue weighted by Gasteiger charge is 2.26. The number of aromatic nitrogens is 1. The number of nitrogens with zero attached hydrogens (tertiary/aromatic N) is 1. The fourth-order valence-corrected chi connectivity index (χ4v) is 2.09. The van der Waals surface area contributed by atoms with Crippen molar-refractivity contribution >= 4 is 11.3 Å². The molecule has 1 saturated carbocycles. The lowest BCUT2D eigenvalue weighted by atomic mass is 10.3. The van der Waals surface area contributed by atoms with Crippen LogP contribution in [0.5, 0.6) is 0 Å². The van der Waals surface area contributed by atoms with Crippen molar-refractivity contribution < 1.29 is 4.74 Å². The van der Waals surface area contributed by atoms with Crippen LogP contribution in [-0.2, 0) is 4.74 Å². The number of hydrogen-bond acceptors (Lipinski definition) is 3. The summed E-state index contributed by atoms with van der Waals surface area (Å²) < 4.78 is 5.20. The van der Waals surface area contributed by atoms with Gasteiger partial charge < -0.3 is 4.74 Å². The lowest BCUT2D eigenvalue weighted by molar-refractivity contribution is 0.119. The summed E-state index contributed by atoms with van der Waals surface area (Å²) in [5.41, 5.74) is 1.28. The average molecular weight is 183 g/mol. The maximum absolute atomic E-state index is 5.20. The van der Waals surface area contributed by atoms with Gasteiger partial charge in [0.05, 0.1) is 5.69 Å². The van der Waals surface area contributed by atoms with Crippen LogP contribution in [0.15, 0.2) is 5.38 Å². The first-order valence-electron chi connectivity index (χ1n) is 4.29. The van der Waals surface area contributed by atoms with E-state index in [2.05, 4.69) is 10.4 Å². The molecule has 0 spiro atoms. The second-order valence-electron chi connectivity index (χ2n) is 3.26. The summed E-state index contributed by atoms with van der Waals surface area (Å²) in [4.78, 5) is 4.54. The molecule has 2 rings (SSSR count). The van der Waals surface area contributed by atoms with E-state index in [1.165, 1.54) is 18.5 Å². The minimum atomic E-state index is 0.155. The van der Waals surface area contributed by atoms with Gasteiger partial charge in [-0.3, -0.25) is 0 Å². The Morgan fingerprint density at radius 2 is 2.42 bits per heavy atom. The molecule has 1 aliphatic carbocycles. The molecule has 1 heterocycles. The van der Waals surface area contributed by atoms with Gasteiger partial charge in [0.15, 0.2) is 0 Å². The van der Waals surface area contributed by atoms with Crippen LogP contribution in [0, 0.1) is 0 Å². The van der Waals surface area contributed by atoms with Crippen molar-refractivity contribution in [3.8, 4) is 0 Å². The van der Waals surface area contributed by atoms with Gasteiger partial charge in [-0.25, -0.2) is 4.98 Å². The van der Waals surface area contributed by atoms with E-state index in [0.717, 1.165) is 10.9 Å². The minimum Gasteiger partial charge on any atom is -0.375 e. The fourth-order valence-electron chi connectivity index (χ4n) is 1.15. The van der Waals surface area contributed by atoms with E-state index in [1.807, 2.05) is 6.92 Å².